The van der Waals surface area contributed by atoms with Crippen LogP contribution in [0.15, 0.2) is 12.4 Å². The first-order chi connectivity index (χ1) is 4.74. The lowest BCUT2D eigenvalue weighted by atomic mass is 10.2. The van der Waals surface area contributed by atoms with Crippen LogP contribution >= 0.6 is 0 Å². The Bertz CT molecular complexity index is 240. The van der Waals surface area contributed by atoms with Crippen molar-refractivity contribution in [2.45, 2.75) is 13.3 Å². The van der Waals surface area contributed by atoms with Crippen LogP contribution in [0.3, 0.4) is 0 Å². The molecule has 0 atom stereocenters. The molecule has 1 heterocycles. The zero-order valence-corrected chi connectivity index (χ0v) is 6.16. The van der Waals surface area contributed by atoms with Gasteiger partial charge in [0.2, 0.25) is 0 Å². The topological polar surface area (TPSA) is 34.9 Å². The van der Waals surface area contributed by atoms with Gasteiger partial charge in [-0.05, 0) is 0 Å². The molecule has 3 nitrogen and oxygen atoms in total. The molecule has 0 amide bonds. The lowest BCUT2D eigenvalue weighted by molar-refractivity contribution is 0.0988. The van der Waals surface area contributed by atoms with Gasteiger partial charge in [-0.1, -0.05) is 6.92 Å². The highest BCUT2D eigenvalue weighted by Crippen LogP contribution is 1.99. The molecule has 0 radical (unpaired) electrons. The van der Waals surface area contributed by atoms with Crippen LogP contribution in [-0.2, 0) is 7.05 Å². The van der Waals surface area contributed by atoms with Gasteiger partial charge in [-0.25, -0.2) is 0 Å². The molecule has 54 valence electrons. The molecule has 0 aliphatic carbocycles. The maximum Gasteiger partial charge on any atom is 0.165 e. The summed E-state index contributed by atoms with van der Waals surface area (Å²) in [6, 6.07) is 0. The van der Waals surface area contributed by atoms with Crippen molar-refractivity contribution in [1.82, 2.24) is 9.78 Å². The van der Waals surface area contributed by atoms with E-state index in [1.165, 1.54) is 0 Å². The van der Waals surface area contributed by atoms with Crippen LogP contribution in [0, 0.1) is 0 Å². The third-order valence-corrected chi connectivity index (χ3v) is 1.35. The fourth-order valence-electron chi connectivity index (χ4n) is 0.769. The molecule has 0 aliphatic rings. The average molecular weight is 138 g/mol. The SMILES string of the molecule is CCC(=O)c1cnn(C)c1. The minimum atomic E-state index is 0.146. The van der Waals surface area contributed by atoms with Gasteiger partial charge in [0.15, 0.2) is 5.78 Å². The van der Waals surface area contributed by atoms with Gasteiger partial charge in [0.1, 0.15) is 0 Å². The number of carbonyl (C=O) groups excluding carboxylic acids is 1. The van der Waals surface area contributed by atoms with Gasteiger partial charge in [0, 0.05) is 19.7 Å². The van der Waals surface area contributed by atoms with Crippen LogP contribution < -0.4 is 0 Å². The first-order valence-corrected chi connectivity index (χ1v) is 3.26. The van der Waals surface area contributed by atoms with E-state index in [2.05, 4.69) is 5.10 Å². The van der Waals surface area contributed by atoms with Crippen molar-refractivity contribution in [3.05, 3.63) is 18.0 Å². The predicted molar refractivity (Wildman–Crippen MR) is 37.8 cm³/mol. The first kappa shape index (κ1) is 6.99. The van der Waals surface area contributed by atoms with Gasteiger partial charge in [0.05, 0.1) is 11.8 Å². The molecule has 3 heteroatoms. The standard InChI is InChI=1S/C7H10N2O/c1-3-7(10)6-4-8-9(2)5-6/h4-5H,3H2,1-2H3. The number of aryl methyl sites for hydroxylation is 1. The molecular weight excluding hydrogens is 128 g/mol. The minimum absolute atomic E-state index is 0.146. The van der Waals surface area contributed by atoms with Gasteiger partial charge < -0.3 is 0 Å². The molecule has 0 fully saturated rings. The fraction of sp³-hybridized carbons (Fsp3) is 0.429. The summed E-state index contributed by atoms with van der Waals surface area (Å²) in [5.74, 6) is 0.146. The fourth-order valence-corrected chi connectivity index (χ4v) is 0.769. The Morgan fingerprint density at radius 2 is 2.50 bits per heavy atom. The second-order valence-electron chi connectivity index (χ2n) is 2.18. The number of aromatic nitrogens is 2. The van der Waals surface area contributed by atoms with Gasteiger partial charge >= 0.3 is 0 Å². The van der Waals surface area contributed by atoms with Crippen molar-refractivity contribution in [1.29, 1.82) is 0 Å². The first-order valence-electron chi connectivity index (χ1n) is 3.26. The number of hydrogen-bond acceptors (Lipinski definition) is 2. The van der Waals surface area contributed by atoms with E-state index in [1.54, 1.807) is 24.1 Å². The highest BCUT2D eigenvalue weighted by molar-refractivity contribution is 5.95. The quantitative estimate of drug-likeness (QED) is 0.572. The van der Waals surface area contributed by atoms with E-state index in [-0.39, 0.29) is 5.78 Å². The molecular formula is C7H10N2O. The van der Waals surface area contributed by atoms with E-state index in [0.29, 0.717) is 12.0 Å². The molecule has 0 saturated heterocycles. The summed E-state index contributed by atoms with van der Waals surface area (Å²) < 4.78 is 1.63. The highest BCUT2D eigenvalue weighted by Gasteiger charge is 2.03. The monoisotopic (exact) mass is 138 g/mol. The van der Waals surface area contributed by atoms with E-state index in [0.717, 1.165) is 0 Å². The van der Waals surface area contributed by atoms with E-state index >= 15 is 0 Å². The average Bonchev–Trinajstić information content (AvgIpc) is 2.34. The molecule has 1 aromatic heterocycles. The molecule has 0 aliphatic heterocycles. The Hall–Kier alpha value is -1.12. The third-order valence-electron chi connectivity index (χ3n) is 1.35. The Balaban J connectivity index is 2.85. The largest absolute Gasteiger partial charge is 0.294 e. The zero-order valence-electron chi connectivity index (χ0n) is 6.16. The van der Waals surface area contributed by atoms with Gasteiger partial charge in [-0.3, -0.25) is 9.48 Å². The van der Waals surface area contributed by atoms with Crippen molar-refractivity contribution in [2.75, 3.05) is 0 Å². The Labute approximate surface area is 59.7 Å². The maximum atomic E-state index is 11.0. The van der Waals surface area contributed by atoms with Crippen LogP contribution in [0.1, 0.15) is 23.7 Å². The third kappa shape index (κ3) is 1.23. The molecule has 0 spiro atoms. The zero-order chi connectivity index (χ0) is 7.56. The number of nitrogens with zero attached hydrogens (tertiary/aromatic N) is 2. The number of rotatable bonds is 2. The number of ketones is 1. The summed E-state index contributed by atoms with van der Waals surface area (Å²) >= 11 is 0. The minimum Gasteiger partial charge on any atom is -0.294 e. The molecule has 0 saturated carbocycles. The Kier molecular flexibility index (Phi) is 1.85. The summed E-state index contributed by atoms with van der Waals surface area (Å²) in [5.41, 5.74) is 0.699. The highest BCUT2D eigenvalue weighted by atomic mass is 16.1. The number of Topliss-reactive ketones (excluding diaryl/α,β-unsaturated/α-hetero) is 1. The maximum absolute atomic E-state index is 11.0. The van der Waals surface area contributed by atoms with Crippen molar-refractivity contribution < 1.29 is 4.79 Å². The van der Waals surface area contributed by atoms with Crippen LogP contribution in [0.25, 0.3) is 0 Å². The van der Waals surface area contributed by atoms with Crippen LogP contribution in [0.2, 0.25) is 0 Å². The summed E-state index contributed by atoms with van der Waals surface area (Å²) in [6.07, 6.45) is 3.86. The Morgan fingerprint density at radius 3 is 2.90 bits per heavy atom. The molecule has 0 unspecified atom stereocenters. The number of carbonyl (C=O) groups is 1. The lowest BCUT2D eigenvalue weighted by Crippen LogP contribution is -1.93. The molecule has 1 aromatic rings. The van der Waals surface area contributed by atoms with Crippen LogP contribution in [0.4, 0.5) is 0 Å². The molecule has 0 bridgehead atoms. The van der Waals surface area contributed by atoms with Gasteiger partial charge in [0.25, 0.3) is 0 Å². The molecule has 0 N–H and O–H groups in total. The van der Waals surface area contributed by atoms with E-state index in [4.69, 9.17) is 0 Å². The molecule has 10 heavy (non-hydrogen) atoms. The second kappa shape index (κ2) is 2.64. The Morgan fingerprint density at radius 1 is 1.80 bits per heavy atom. The normalized spacial score (nSPS) is 9.80. The predicted octanol–water partition coefficient (Wildman–Crippen LogP) is 1.01. The van der Waals surface area contributed by atoms with Gasteiger partial charge in [-0.15, -0.1) is 0 Å². The van der Waals surface area contributed by atoms with E-state index in [1.807, 2.05) is 6.92 Å². The molecule has 1 rings (SSSR count). The van der Waals surface area contributed by atoms with Crippen molar-refractivity contribution in [3.8, 4) is 0 Å². The van der Waals surface area contributed by atoms with Crippen molar-refractivity contribution >= 4 is 5.78 Å². The number of hydrogen-bond donors (Lipinski definition) is 0. The lowest BCUT2D eigenvalue weighted by Gasteiger charge is -1.87. The van der Waals surface area contributed by atoms with Crippen LogP contribution in [-0.4, -0.2) is 15.6 Å². The summed E-state index contributed by atoms with van der Waals surface area (Å²) in [5, 5.41) is 3.88. The van der Waals surface area contributed by atoms with E-state index < -0.39 is 0 Å². The van der Waals surface area contributed by atoms with Gasteiger partial charge in [-0.2, -0.15) is 5.10 Å². The molecule has 0 aromatic carbocycles. The van der Waals surface area contributed by atoms with Crippen molar-refractivity contribution in [3.63, 3.8) is 0 Å². The summed E-state index contributed by atoms with van der Waals surface area (Å²) in [7, 11) is 1.80. The van der Waals surface area contributed by atoms with E-state index in [9.17, 15) is 4.79 Å². The van der Waals surface area contributed by atoms with Crippen molar-refractivity contribution in [2.24, 2.45) is 7.05 Å². The van der Waals surface area contributed by atoms with Crippen LogP contribution in [0.5, 0.6) is 0 Å². The summed E-state index contributed by atoms with van der Waals surface area (Å²) in [6.45, 7) is 1.84. The summed E-state index contributed by atoms with van der Waals surface area (Å²) in [4.78, 5) is 11.0. The smallest absolute Gasteiger partial charge is 0.165 e. The second-order valence-corrected chi connectivity index (χ2v) is 2.18.